The Balaban J connectivity index is 0. The van der Waals surface area contributed by atoms with Crippen molar-refractivity contribution < 1.29 is 61.3 Å². The molecule has 0 aromatic heterocycles. The molecule has 0 saturated heterocycles. The number of carboxylic acid groups (broad SMARTS) is 1. The third kappa shape index (κ3) is 29.0. The van der Waals surface area contributed by atoms with E-state index < -0.39 is 5.97 Å². The molecule has 0 atom stereocenters. The van der Waals surface area contributed by atoms with Crippen LogP contribution in [0.15, 0.2) is 0 Å². The second-order valence-corrected chi connectivity index (χ2v) is 9.33. The van der Waals surface area contributed by atoms with Gasteiger partial charge in [-0.15, -0.1) is 0 Å². The molecule has 0 saturated carbocycles. The summed E-state index contributed by atoms with van der Waals surface area (Å²) in [5.41, 5.74) is 0. The monoisotopic (exact) mass is 463 g/mol. The number of hydrogen-bond acceptors (Lipinski definition) is 3. The summed E-state index contributed by atoms with van der Waals surface area (Å²) in [4.78, 5) is 13.2. The molecule has 180 valence electrons. The van der Waals surface area contributed by atoms with Crippen LogP contribution in [-0.4, -0.2) is 30.5 Å². The molecule has 0 aliphatic rings. The maximum absolute atomic E-state index is 10.9. The van der Waals surface area contributed by atoms with Crippen LogP contribution in [0.5, 0.6) is 0 Å². The minimum atomic E-state index is -0.911. The van der Waals surface area contributed by atoms with Gasteiger partial charge in [0.05, 0.1) is 0 Å². The van der Waals surface area contributed by atoms with Gasteiger partial charge in [0.2, 0.25) is 0 Å². The number of aliphatic carboxylic acids is 1. The molecule has 0 bridgehead atoms. The van der Waals surface area contributed by atoms with Crippen molar-refractivity contribution in [3.8, 4) is 0 Å². The average molecular weight is 464 g/mol. The molecule has 0 N–H and O–H groups in total. The van der Waals surface area contributed by atoms with E-state index >= 15 is 0 Å². The molecule has 0 aliphatic heterocycles. The minimum Gasteiger partial charge on any atom is -0.550 e. The van der Waals surface area contributed by atoms with E-state index in [1.54, 1.807) is 0 Å². The zero-order valence-corrected chi connectivity index (χ0v) is 24.9. The molecule has 0 amide bonds. The summed E-state index contributed by atoms with van der Waals surface area (Å²) in [5.74, 6) is -0.911. The van der Waals surface area contributed by atoms with Gasteiger partial charge in [-0.05, 0) is 32.4 Å². The van der Waals surface area contributed by atoms with Crippen molar-refractivity contribution in [3.05, 3.63) is 0 Å². The zero-order valence-electron chi connectivity index (χ0n) is 21.7. The molecule has 0 rings (SSSR count). The predicted octanol–water partition coefficient (Wildman–Crippen LogP) is 4.27. The van der Waals surface area contributed by atoms with Gasteiger partial charge in [-0.2, -0.15) is 0 Å². The van der Waals surface area contributed by atoms with Crippen molar-refractivity contribution in [2.24, 2.45) is 0 Å². The second kappa shape index (κ2) is 29.1. The van der Waals surface area contributed by atoms with Crippen molar-refractivity contribution in [2.45, 2.75) is 149 Å². The van der Waals surface area contributed by atoms with E-state index in [-0.39, 0.29) is 57.8 Å². The summed E-state index contributed by atoms with van der Waals surface area (Å²) < 4.78 is 0. The largest absolute Gasteiger partial charge is 1.00 e. The molecule has 0 aromatic rings. The van der Waals surface area contributed by atoms with Crippen molar-refractivity contribution in [2.75, 3.05) is 19.6 Å². The first-order valence-corrected chi connectivity index (χ1v) is 13.6. The Morgan fingerprint density at radius 3 is 1.10 bits per heavy atom. The molecular weight excluding hydrogens is 409 g/mol. The van der Waals surface area contributed by atoms with Gasteiger partial charge < -0.3 is 14.8 Å². The summed E-state index contributed by atoms with van der Waals surface area (Å²) in [6.07, 6.45) is 27.2. The predicted molar refractivity (Wildman–Crippen MR) is 130 cm³/mol. The number of unbranched alkanes of at least 4 members (excludes halogenated alkanes) is 18. The quantitative estimate of drug-likeness (QED) is 0.150. The Morgan fingerprint density at radius 1 is 0.516 bits per heavy atom. The van der Waals surface area contributed by atoms with Gasteiger partial charge in [0.15, 0.2) is 0 Å². The van der Waals surface area contributed by atoms with Crippen LogP contribution in [-0.2, 0) is 4.79 Å². The molecular formula is C27H54KNO2. The van der Waals surface area contributed by atoms with Crippen molar-refractivity contribution in [3.63, 3.8) is 0 Å². The van der Waals surface area contributed by atoms with Crippen LogP contribution in [0.1, 0.15) is 149 Å². The molecule has 0 radical (unpaired) electrons. The molecule has 0 aliphatic carbocycles. The number of rotatable bonds is 25. The first kappa shape index (κ1) is 34.2. The number of hydrogen-bond donors (Lipinski definition) is 0. The van der Waals surface area contributed by atoms with E-state index in [1.165, 1.54) is 128 Å². The number of carboxylic acids is 1. The number of carbonyl (C=O) groups is 1. The zero-order chi connectivity index (χ0) is 22.1. The van der Waals surface area contributed by atoms with Crippen molar-refractivity contribution in [1.29, 1.82) is 0 Å². The summed E-state index contributed by atoms with van der Waals surface area (Å²) in [5, 5.41) is 10.9. The first-order chi connectivity index (χ1) is 14.7. The Kier molecular flexibility index (Phi) is 32.1. The number of nitrogens with zero attached hydrogens (tertiary/aromatic N) is 1. The molecule has 0 aromatic carbocycles. The molecule has 0 heterocycles. The Bertz CT molecular complexity index is 328. The van der Waals surface area contributed by atoms with Crippen LogP contribution < -0.4 is 56.5 Å². The SMILES string of the molecule is CCCCCCCCCCCCN(CCCCCCCCCCCC)CCC(=O)[O-].[K+]. The van der Waals surface area contributed by atoms with Crippen LogP contribution in [0.4, 0.5) is 0 Å². The number of carbonyl (C=O) groups excluding carboxylic acids is 1. The van der Waals surface area contributed by atoms with Crippen LogP contribution in [0.2, 0.25) is 0 Å². The summed E-state index contributed by atoms with van der Waals surface area (Å²) in [6, 6.07) is 0. The molecule has 3 nitrogen and oxygen atoms in total. The van der Waals surface area contributed by atoms with Gasteiger partial charge >= 0.3 is 51.4 Å². The van der Waals surface area contributed by atoms with Gasteiger partial charge in [-0.3, -0.25) is 0 Å². The Hall–Kier alpha value is 1.07. The molecule has 0 fully saturated rings. The van der Waals surface area contributed by atoms with Gasteiger partial charge in [0.25, 0.3) is 0 Å². The fourth-order valence-corrected chi connectivity index (χ4v) is 4.23. The summed E-state index contributed by atoms with van der Waals surface area (Å²) in [6.45, 7) is 7.32. The standard InChI is InChI=1S/C27H55NO2.K/c1-3-5-7-9-11-13-15-17-19-21-24-28(26-23-27(29)30)25-22-20-18-16-14-12-10-8-6-4-2;/h3-26H2,1-2H3,(H,29,30);/q;+1/p-1. The fraction of sp³-hybridized carbons (Fsp3) is 0.963. The molecule has 4 heteroatoms. The smallest absolute Gasteiger partial charge is 0.550 e. The topological polar surface area (TPSA) is 43.4 Å². The van der Waals surface area contributed by atoms with E-state index in [0.717, 1.165) is 13.1 Å². The minimum absolute atomic E-state index is 0. The third-order valence-electron chi connectivity index (χ3n) is 6.29. The molecule has 31 heavy (non-hydrogen) atoms. The van der Waals surface area contributed by atoms with Gasteiger partial charge in [0, 0.05) is 12.5 Å². The van der Waals surface area contributed by atoms with Gasteiger partial charge in [-0.1, -0.05) is 129 Å². The maximum atomic E-state index is 10.9. The maximum Gasteiger partial charge on any atom is 1.00 e. The first-order valence-electron chi connectivity index (χ1n) is 13.6. The van der Waals surface area contributed by atoms with Crippen LogP contribution >= 0.6 is 0 Å². The van der Waals surface area contributed by atoms with Crippen LogP contribution in [0, 0.1) is 0 Å². The van der Waals surface area contributed by atoms with E-state index in [9.17, 15) is 9.90 Å². The summed E-state index contributed by atoms with van der Waals surface area (Å²) >= 11 is 0. The fourth-order valence-electron chi connectivity index (χ4n) is 4.23. The molecule has 0 spiro atoms. The van der Waals surface area contributed by atoms with Crippen LogP contribution in [0.25, 0.3) is 0 Å². The Morgan fingerprint density at radius 2 is 0.806 bits per heavy atom. The van der Waals surface area contributed by atoms with Crippen molar-refractivity contribution >= 4 is 5.97 Å². The van der Waals surface area contributed by atoms with Crippen LogP contribution in [0.3, 0.4) is 0 Å². The summed E-state index contributed by atoms with van der Waals surface area (Å²) in [7, 11) is 0. The van der Waals surface area contributed by atoms with Gasteiger partial charge in [-0.25, -0.2) is 0 Å². The Labute approximate surface area is 238 Å². The van der Waals surface area contributed by atoms with Gasteiger partial charge in [0.1, 0.15) is 0 Å². The van der Waals surface area contributed by atoms with E-state index in [4.69, 9.17) is 0 Å². The third-order valence-corrected chi connectivity index (χ3v) is 6.29. The van der Waals surface area contributed by atoms with E-state index in [2.05, 4.69) is 18.7 Å². The average Bonchev–Trinajstić information content (AvgIpc) is 2.73. The van der Waals surface area contributed by atoms with E-state index in [1.807, 2.05) is 0 Å². The normalized spacial score (nSPS) is 11.1. The van der Waals surface area contributed by atoms with E-state index in [0.29, 0.717) is 6.54 Å². The van der Waals surface area contributed by atoms with Crippen molar-refractivity contribution in [1.82, 2.24) is 4.90 Å². The molecule has 0 unspecified atom stereocenters. The second-order valence-electron chi connectivity index (χ2n) is 9.33.